The van der Waals surface area contributed by atoms with Crippen LogP contribution in [0.4, 0.5) is 10.6 Å². The van der Waals surface area contributed by atoms with Gasteiger partial charge in [-0.25, -0.2) is 9.78 Å². The Kier molecular flexibility index (Phi) is 5.84. The molecule has 0 spiro atoms. The van der Waals surface area contributed by atoms with Gasteiger partial charge < -0.3 is 20.3 Å². The van der Waals surface area contributed by atoms with Crippen molar-refractivity contribution < 1.29 is 9.53 Å². The Labute approximate surface area is 147 Å². The minimum Gasteiger partial charge on any atom is -0.378 e. The van der Waals surface area contributed by atoms with Crippen molar-refractivity contribution in [3.05, 3.63) is 42.4 Å². The van der Waals surface area contributed by atoms with E-state index in [9.17, 15) is 4.79 Å². The lowest BCUT2D eigenvalue weighted by Crippen LogP contribution is -2.42. The average molecular weight is 344 g/mol. The molecule has 0 aliphatic carbocycles. The van der Waals surface area contributed by atoms with Crippen LogP contribution in [0.5, 0.6) is 0 Å². The second-order valence-electron chi connectivity index (χ2n) is 6.08. The molecule has 1 saturated heterocycles. The van der Waals surface area contributed by atoms with Crippen LogP contribution in [0.25, 0.3) is 0 Å². The summed E-state index contributed by atoms with van der Waals surface area (Å²) in [5.41, 5.74) is 1.02. The number of hydrogen-bond donors (Lipinski definition) is 2. The molecule has 1 atom stereocenters. The highest BCUT2D eigenvalue weighted by atomic mass is 16.5. The molecule has 1 aliphatic rings. The molecule has 8 heteroatoms. The maximum atomic E-state index is 12.0. The van der Waals surface area contributed by atoms with Gasteiger partial charge in [0.25, 0.3) is 0 Å². The van der Waals surface area contributed by atoms with E-state index in [1.807, 2.05) is 31.3 Å². The van der Waals surface area contributed by atoms with E-state index >= 15 is 0 Å². The molecule has 3 rings (SSSR count). The highest BCUT2D eigenvalue weighted by molar-refractivity contribution is 5.74. The lowest BCUT2D eigenvalue weighted by atomic mass is 10.2. The molecule has 8 nitrogen and oxygen atoms in total. The molecule has 0 aromatic carbocycles. The van der Waals surface area contributed by atoms with Gasteiger partial charge in [-0.3, -0.25) is 4.68 Å². The van der Waals surface area contributed by atoms with Crippen LogP contribution >= 0.6 is 0 Å². The summed E-state index contributed by atoms with van der Waals surface area (Å²) in [7, 11) is 0. The van der Waals surface area contributed by atoms with Crippen molar-refractivity contribution in [2.45, 2.75) is 26.1 Å². The average Bonchev–Trinajstić information content (AvgIpc) is 3.14. The predicted octanol–water partition coefficient (Wildman–Crippen LogP) is 1.00. The van der Waals surface area contributed by atoms with E-state index in [2.05, 4.69) is 25.6 Å². The Balaban J connectivity index is 1.46. The zero-order valence-corrected chi connectivity index (χ0v) is 14.4. The standard InChI is InChI=1S/C17H24N6O2/c1-14(13-23-6-2-4-20-23)21-17(24)19-12-15-3-5-18-16(11-15)22-7-9-25-10-8-22/h2-6,11,14H,7-10,12-13H2,1H3,(H2,19,21,24)/t14-/m0/s1. The number of nitrogens with zero attached hydrogens (tertiary/aromatic N) is 4. The fraction of sp³-hybridized carbons (Fsp3) is 0.471. The van der Waals surface area contributed by atoms with Gasteiger partial charge in [0, 0.05) is 44.3 Å². The number of urea groups is 1. The van der Waals surface area contributed by atoms with Gasteiger partial charge in [0.1, 0.15) is 5.82 Å². The monoisotopic (exact) mass is 344 g/mol. The Morgan fingerprint density at radius 1 is 1.36 bits per heavy atom. The molecule has 2 N–H and O–H groups in total. The number of morpholine rings is 1. The van der Waals surface area contributed by atoms with E-state index in [1.54, 1.807) is 17.1 Å². The summed E-state index contributed by atoms with van der Waals surface area (Å²) in [6.07, 6.45) is 5.38. The van der Waals surface area contributed by atoms with Crippen LogP contribution in [0.1, 0.15) is 12.5 Å². The first-order chi connectivity index (χ1) is 12.2. The van der Waals surface area contributed by atoms with Crippen molar-refractivity contribution in [1.29, 1.82) is 0 Å². The van der Waals surface area contributed by atoms with Crippen molar-refractivity contribution in [1.82, 2.24) is 25.4 Å². The Bertz CT molecular complexity index is 670. The van der Waals surface area contributed by atoms with Gasteiger partial charge in [0.05, 0.1) is 19.8 Å². The summed E-state index contributed by atoms with van der Waals surface area (Å²) in [4.78, 5) is 18.7. The number of rotatable bonds is 6. The highest BCUT2D eigenvalue weighted by Crippen LogP contribution is 2.14. The van der Waals surface area contributed by atoms with Crippen molar-refractivity contribution in [3.8, 4) is 0 Å². The van der Waals surface area contributed by atoms with Gasteiger partial charge in [-0.15, -0.1) is 0 Å². The smallest absolute Gasteiger partial charge is 0.315 e. The van der Waals surface area contributed by atoms with Gasteiger partial charge in [-0.2, -0.15) is 5.10 Å². The number of pyridine rings is 1. The summed E-state index contributed by atoms with van der Waals surface area (Å²) < 4.78 is 7.16. The lowest BCUT2D eigenvalue weighted by molar-refractivity contribution is 0.122. The van der Waals surface area contributed by atoms with E-state index in [4.69, 9.17) is 4.74 Å². The predicted molar refractivity (Wildman–Crippen MR) is 94.3 cm³/mol. The van der Waals surface area contributed by atoms with Gasteiger partial charge in [-0.05, 0) is 30.7 Å². The van der Waals surface area contributed by atoms with Crippen LogP contribution in [0.3, 0.4) is 0 Å². The first-order valence-corrected chi connectivity index (χ1v) is 8.50. The number of carbonyl (C=O) groups is 1. The third-order valence-electron chi connectivity index (χ3n) is 4.00. The second kappa shape index (κ2) is 8.48. The molecule has 0 radical (unpaired) electrons. The van der Waals surface area contributed by atoms with Gasteiger partial charge in [0.2, 0.25) is 0 Å². The summed E-state index contributed by atoms with van der Waals surface area (Å²) in [6.45, 7) is 6.17. The fourth-order valence-corrected chi connectivity index (χ4v) is 2.73. The summed E-state index contributed by atoms with van der Waals surface area (Å²) in [5.74, 6) is 0.926. The Morgan fingerprint density at radius 3 is 2.96 bits per heavy atom. The Morgan fingerprint density at radius 2 is 2.20 bits per heavy atom. The van der Waals surface area contributed by atoms with E-state index in [1.165, 1.54) is 0 Å². The SMILES string of the molecule is C[C@@H](Cn1cccn1)NC(=O)NCc1ccnc(N2CCOCC2)c1. The van der Waals surface area contributed by atoms with Crippen molar-refractivity contribution in [2.24, 2.45) is 0 Å². The number of amides is 2. The molecule has 0 unspecified atom stereocenters. The van der Waals surface area contributed by atoms with Crippen LogP contribution < -0.4 is 15.5 Å². The molecular formula is C17H24N6O2. The number of hydrogen-bond acceptors (Lipinski definition) is 5. The maximum absolute atomic E-state index is 12.0. The van der Waals surface area contributed by atoms with Crippen molar-refractivity contribution in [3.63, 3.8) is 0 Å². The van der Waals surface area contributed by atoms with Gasteiger partial charge in [-0.1, -0.05) is 0 Å². The molecule has 134 valence electrons. The minimum absolute atomic E-state index is 0.0127. The molecule has 1 aliphatic heterocycles. The first-order valence-electron chi connectivity index (χ1n) is 8.50. The Hall–Kier alpha value is -2.61. The van der Waals surface area contributed by atoms with E-state index in [-0.39, 0.29) is 12.1 Å². The lowest BCUT2D eigenvalue weighted by Gasteiger charge is -2.28. The highest BCUT2D eigenvalue weighted by Gasteiger charge is 2.13. The number of aromatic nitrogens is 3. The third kappa shape index (κ3) is 5.18. The third-order valence-corrected chi connectivity index (χ3v) is 4.00. The summed E-state index contributed by atoms with van der Waals surface area (Å²) in [6, 6.07) is 5.59. The summed E-state index contributed by atoms with van der Waals surface area (Å²) in [5, 5.41) is 9.94. The number of anilines is 1. The molecule has 2 aromatic heterocycles. The van der Waals surface area contributed by atoms with Crippen LogP contribution in [0.2, 0.25) is 0 Å². The topological polar surface area (TPSA) is 84.3 Å². The number of nitrogens with one attached hydrogen (secondary N) is 2. The maximum Gasteiger partial charge on any atom is 0.315 e. The normalized spacial score (nSPS) is 15.6. The van der Waals surface area contributed by atoms with Crippen LogP contribution in [-0.4, -0.2) is 53.1 Å². The van der Waals surface area contributed by atoms with E-state index in [0.29, 0.717) is 13.1 Å². The van der Waals surface area contributed by atoms with Crippen LogP contribution in [-0.2, 0) is 17.8 Å². The molecule has 1 fully saturated rings. The first kappa shape index (κ1) is 17.2. The largest absolute Gasteiger partial charge is 0.378 e. The summed E-state index contributed by atoms with van der Waals surface area (Å²) >= 11 is 0. The molecule has 25 heavy (non-hydrogen) atoms. The number of ether oxygens (including phenoxy) is 1. The van der Waals surface area contributed by atoms with E-state index < -0.39 is 0 Å². The quantitative estimate of drug-likeness (QED) is 0.817. The molecular weight excluding hydrogens is 320 g/mol. The number of carbonyl (C=O) groups excluding carboxylic acids is 1. The van der Waals surface area contributed by atoms with Crippen molar-refractivity contribution in [2.75, 3.05) is 31.2 Å². The van der Waals surface area contributed by atoms with Gasteiger partial charge in [0.15, 0.2) is 0 Å². The molecule has 0 saturated carbocycles. The van der Waals surface area contributed by atoms with Gasteiger partial charge >= 0.3 is 6.03 Å². The van der Waals surface area contributed by atoms with Crippen LogP contribution in [0, 0.1) is 0 Å². The second-order valence-corrected chi connectivity index (χ2v) is 6.08. The minimum atomic E-state index is -0.190. The van der Waals surface area contributed by atoms with Crippen LogP contribution in [0.15, 0.2) is 36.8 Å². The molecule has 0 bridgehead atoms. The molecule has 3 heterocycles. The zero-order valence-electron chi connectivity index (χ0n) is 14.4. The van der Waals surface area contributed by atoms with Crippen molar-refractivity contribution >= 4 is 11.8 Å². The molecule has 2 amide bonds. The zero-order chi connectivity index (χ0) is 17.5. The molecule has 2 aromatic rings. The van der Waals surface area contributed by atoms with E-state index in [0.717, 1.165) is 37.7 Å². The fourth-order valence-electron chi connectivity index (χ4n) is 2.73.